The van der Waals surface area contributed by atoms with E-state index >= 15 is 0 Å². The summed E-state index contributed by atoms with van der Waals surface area (Å²) in [5, 5.41) is 8.99. The average molecular weight is 467 g/mol. The zero-order chi connectivity index (χ0) is 23.3. The van der Waals surface area contributed by atoms with Gasteiger partial charge in [-0.25, -0.2) is 14.6 Å². The van der Waals surface area contributed by atoms with Crippen LogP contribution in [0, 0.1) is 35.5 Å². The summed E-state index contributed by atoms with van der Waals surface area (Å²) in [7, 11) is 0. The first-order valence-electron chi connectivity index (χ1n) is 14.5. The quantitative estimate of drug-likeness (QED) is 0.535. The molecule has 2 saturated carbocycles. The van der Waals surface area contributed by atoms with Crippen molar-refractivity contribution >= 4 is 0 Å². The summed E-state index contributed by atoms with van der Waals surface area (Å²) >= 11 is 0. The lowest BCUT2D eigenvalue weighted by Gasteiger charge is -2.18. The lowest BCUT2D eigenvalue weighted by Crippen LogP contribution is -2.14. The Hall–Kier alpha value is -1.72. The number of aryl methyl sites for hydroxylation is 2. The van der Waals surface area contributed by atoms with Gasteiger partial charge < -0.3 is 0 Å². The SMILES string of the molecule is CCC1CC2CC1CCCCc1ncn(n1)C2.CCC1CC2CC1CCCCc1ncnn1C2. The molecule has 188 valence electrons. The summed E-state index contributed by atoms with van der Waals surface area (Å²) < 4.78 is 4.26. The van der Waals surface area contributed by atoms with Crippen molar-refractivity contribution in [1.29, 1.82) is 0 Å². The molecule has 34 heavy (non-hydrogen) atoms. The van der Waals surface area contributed by atoms with Crippen molar-refractivity contribution in [2.75, 3.05) is 0 Å². The maximum atomic E-state index is 4.59. The van der Waals surface area contributed by atoms with Crippen LogP contribution < -0.4 is 0 Å². The number of aromatic nitrogens is 6. The highest BCUT2D eigenvalue weighted by Crippen LogP contribution is 2.43. The molecule has 4 aliphatic rings. The van der Waals surface area contributed by atoms with E-state index in [1.165, 1.54) is 82.9 Å². The Labute approximate surface area is 206 Å². The summed E-state index contributed by atoms with van der Waals surface area (Å²) in [5.74, 6) is 7.90. The van der Waals surface area contributed by atoms with Crippen LogP contribution in [0.2, 0.25) is 0 Å². The third-order valence-electron chi connectivity index (χ3n) is 9.53. The zero-order valence-electron chi connectivity index (χ0n) is 21.6. The molecule has 0 spiro atoms. The molecule has 0 amide bonds. The van der Waals surface area contributed by atoms with E-state index in [0.717, 1.165) is 67.3 Å². The monoisotopic (exact) mass is 466 g/mol. The van der Waals surface area contributed by atoms with Crippen LogP contribution in [-0.2, 0) is 25.9 Å². The normalized spacial score (nSPS) is 33.4. The summed E-state index contributed by atoms with van der Waals surface area (Å²) in [6.07, 6.45) is 22.5. The van der Waals surface area contributed by atoms with Gasteiger partial charge in [0.25, 0.3) is 0 Å². The van der Waals surface area contributed by atoms with Crippen LogP contribution in [-0.4, -0.2) is 29.5 Å². The van der Waals surface area contributed by atoms with Gasteiger partial charge in [0, 0.05) is 25.9 Å². The molecule has 0 N–H and O–H groups in total. The van der Waals surface area contributed by atoms with Gasteiger partial charge in [-0.15, -0.1) is 0 Å². The van der Waals surface area contributed by atoms with E-state index < -0.39 is 0 Å². The topological polar surface area (TPSA) is 61.4 Å². The first kappa shape index (κ1) is 24.0. The third kappa shape index (κ3) is 5.73. The Bertz CT molecular complexity index is 885. The number of hydrogen-bond donors (Lipinski definition) is 0. The molecule has 4 heterocycles. The fourth-order valence-corrected chi connectivity index (χ4v) is 7.74. The minimum atomic E-state index is 0.845. The van der Waals surface area contributed by atoms with Gasteiger partial charge in [-0.3, -0.25) is 4.68 Å². The smallest absolute Gasteiger partial charge is 0.150 e. The van der Waals surface area contributed by atoms with Gasteiger partial charge in [-0.05, 0) is 74.0 Å². The van der Waals surface area contributed by atoms with Gasteiger partial charge in [-0.2, -0.15) is 10.2 Å². The van der Waals surface area contributed by atoms with Crippen LogP contribution in [0.5, 0.6) is 0 Å². The molecule has 2 fully saturated rings. The van der Waals surface area contributed by atoms with Gasteiger partial charge in [0.1, 0.15) is 18.5 Å². The van der Waals surface area contributed by atoms with Crippen molar-refractivity contribution in [1.82, 2.24) is 29.5 Å². The minimum absolute atomic E-state index is 0.845. The molecule has 6 unspecified atom stereocenters. The Kier molecular flexibility index (Phi) is 8.01. The van der Waals surface area contributed by atoms with Crippen LogP contribution >= 0.6 is 0 Å². The molecule has 0 radical (unpaired) electrons. The standard InChI is InChI=1S/2C14H23N3/c1-2-12-7-11-8-13(12)5-3-4-6-14-15-10-17(9-11)16-14;1-2-12-7-11-8-13(12)5-3-4-6-14-15-10-16-17(14)9-11/h2*10-13H,2-9H2,1H3. The van der Waals surface area contributed by atoms with Crippen LogP contribution in [0.25, 0.3) is 0 Å². The van der Waals surface area contributed by atoms with Crippen LogP contribution in [0.4, 0.5) is 0 Å². The maximum Gasteiger partial charge on any atom is 0.150 e. The second-order valence-corrected chi connectivity index (χ2v) is 11.8. The molecule has 6 atom stereocenters. The predicted octanol–water partition coefficient (Wildman–Crippen LogP) is 6.11. The van der Waals surface area contributed by atoms with Gasteiger partial charge in [0.15, 0.2) is 5.82 Å². The average Bonchev–Trinajstić information content (AvgIpc) is 3.62. The number of fused-ring (bicyclic) bond motifs is 7. The van der Waals surface area contributed by atoms with E-state index in [9.17, 15) is 0 Å². The molecule has 0 aromatic carbocycles. The first-order chi connectivity index (χ1) is 16.7. The van der Waals surface area contributed by atoms with Crippen molar-refractivity contribution < 1.29 is 0 Å². The highest BCUT2D eigenvalue weighted by molar-refractivity contribution is 4.90. The maximum absolute atomic E-state index is 4.59. The minimum Gasteiger partial charge on any atom is -0.252 e. The fourth-order valence-electron chi connectivity index (χ4n) is 7.74. The Morgan fingerprint density at radius 1 is 0.794 bits per heavy atom. The fraction of sp³-hybridized carbons (Fsp3) is 0.857. The van der Waals surface area contributed by atoms with Crippen LogP contribution in [0.1, 0.15) is 103 Å². The molecule has 0 saturated heterocycles. The summed E-state index contributed by atoms with van der Waals surface area (Å²) in [5.41, 5.74) is 0. The van der Waals surface area contributed by atoms with Crippen molar-refractivity contribution in [3.63, 3.8) is 0 Å². The van der Waals surface area contributed by atoms with E-state index in [-0.39, 0.29) is 0 Å². The third-order valence-corrected chi connectivity index (χ3v) is 9.53. The molecule has 2 aromatic rings. The number of nitrogens with zero attached hydrogens (tertiary/aromatic N) is 6. The second kappa shape index (κ2) is 11.3. The van der Waals surface area contributed by atoms with Gasteiger partial charge in [0.2, 0.25) is 0 Å². The molecule has 2 aromatic heterocycles. The zero-order valence-corrected chi connectivity index (χ0v) is 21.6. The van der Waals surface area contributed by atoms with E-state index in [4.69, 9.17) is 0 Å². The summed E-state index contributed by atoms with van der Waals surface area (Å²) in [4.78, 5) is 8.81. The second-order valence-electron chi connectivity index (χ2n) is 11.8. The molecule has 6 bridgehead atoms. The number of hydrogen-bond acceptors (Lipinski definition) is 4. The van der Waals surface area contributed by atoms with Crippen molar-refractivity contribution in [2.24, 2.45) is 35.5 Å². The lowest BCUT2D eigenvalue weighted by atomic mass is 9.89. The largest absolute Gasteiger partial charge is 0.252 e. The molecular weight excluding hydrogens is 420 g/mol. The predicted molar refractivity (Wildman–Crippen MR) is 135 cm³/mol. The number of rotatable bonds is 2. The molecule has 6 rings (SSSR count). The molecule has 2 aliphatic heterocycles. The Balaban J connectivity index is 0.000000142. The summed E-state index contributed by atoms with van der Waals surface area (Å²) in [6.45, 7) is 6.93. The highest BCUT2D eigenvalue weighted by atomic mass is 15.3. The first-order valence-corrected chi connectivity index (χ1v) is 14.5. The van der Waals surface area contributed by atoms with Crippen molar-refractivity contribution in [3.05, 3.63) is 24.3 Å². The Morgan fingerprint density at radius 2 is 1.47 bits per heavy atom. The molecule has 6 heteroatoms. The molecule has 2 aliphatic carbocycles. The van der Waals surface area contributed by atoms with E-state index in [1.54, 1.807) is 6.33 Å². The highest BCUT2D eigenvalue weighted by Gasteiger charge is 2.34. The van der Waals surface area contributed by atoms with Crippen LogP contribution in [0.3, 0.4) is 0 Å². The van der Waals surface area contributed by atoms with E-state index in [0.29, 0.717) is 0 Å². The molecule has 6 nitrogen and oxygen atoms in total. The van der Waals surface area contributed by atoms with Crippen LogP contribution in [0.15, 0.2) is 12.7 Å². The van der Waals surface area contributed by atoms with Gasteiger partial charge in [-0.1, -0.05) is 52.4 Å². The van der Waals surface area contributed by atoms with E-state index in [2.05, 4.69) is 43.4 Å². The van der Waals surface area contributed by atoms with Crippen molar-refractivity contribution in [2.45, 2.75) is 117 Å². The lowest BCUT2D eigenvalue weighted by molar-refractivity contribution is 0.340. The van der Waals surface area contributed by atoms with Gasteiger partial charge in [0.05, 0.1) is 0 Å². The van der Waals surface area contributed by atoms with Gasteiger partial charge >= 0.3 is 0 Å². The molecular formula is C28H46N6. The van der Waals surface area contributed by atoms with Crippen molar-refractivity contribution in [3.8, 4) is 0 Å². The Morgan fingerprint density at radius 3 is 2.18 bits per heavy atom. The summed E-state index contributed by atoms with van der Waals surface area (Å²) in [6, 6.07) is 0. The van der Waals surface area contributed by atoms with E-state index in [1.807, 2.05) is 6.33 Å².